The zero-order valence-corrected chi connectivity index (χ0v) is 22.4. The highest BCUT2D eigenvalue weighted by atomic mass is 16.5. The fourth-order valence-electron chi connectivity index (χ4n) is 7.68. The van der Waals surface area contributed by atoms with Crippen LogP contribution in [-0.4, -0.2) is 44.2 Å². The monoisotopic (exact) mass is 494 g/mol. The van der Waals surface area contributed by atoms with Gasteiger partial charge in [0.2, 0.25) is 0 Å². The number of piperidine rings is 2. The van der Waals surface area contributed by atoms with E-state index in [0.717, 1.165) is 24.9 Å². The number of nitrogens with zero attached hydrogens (tertiary/aromatic N) is 2. The van der Waals surface area contributed by atoms with Crippen LogP contribution in [-0.2, 0) is 10.2 Å². The van der Waals surface area contributed by atoms with Crippen LogP contribution < -0.4 is 9.64 Å². The fourth-order valence-corrected chi connectivity index (χ4v) is 7.68. The minimum Gasteiger partial charge on any atom is -0.495 e. The van der Waals surface area contributed by atoms with Crippen molar-refractivity contribution in [3.63, 3.8) is 0 Å². The van der Waals surface area contributed by atoms with Crippen LogP contribution in [0.15, 0.2) is 66.0 Å². The van der Waals surface area contributed by atoms with E-state index in [2.05, 4.69) is 66.1 Å². The first-order valence-corrected chi connectivity index (χ1v) is 14.2. The van der Waals surface area contributed by atoms with Gasteiger partial charge in [0.05, 0.1) is 19.1 Å². The first kappa shape index (κ1) is 23.2. The molecule has 3 heterocycles. The van der Waals surface area contributed by atoms with Gasteiger partial charge >= 0.3 is 0 Å². The van der Waals surface area contributed by atoms with E-state index in [1.54, 1.807) is 0 Å². The summed E-state index contributed by atoms with van der Waals surface area (Å²) in [4.78, 5) is 5.32. The molecular weight excluding hydrogens is 456 g/mol. The van der Waals surface area contributed by atoms with E-state index in [9.17, 15) is 0 Å². The third kappa shape index (κ3) is 3.52. The van der Waals surface area contributed by atoms with Crippen molar-refractivity contribution in [3.05, 3.63) is 88.2 Å². The molecule has 1 unspecified atom stereocenters. The lowest BCUT2D eigenvalue weighted by Gasteiger charge is -2.42. The van der Waals surface area contributed by atoms with Crippen LogP contribution in [0.25, 0.3) is 5.57 Å². The third-order valence-corrected chi connectivity index (χ3v) is 9.50. The molecule has 5 aliphatic rings. The number of fused-ring (bicyclic) bond motifs is 7. The molecule has 0 radical (unpaired) electrons. The standard InChI is InChI=1S/C33H38N2O2/c1-33(2)27-12-6-5-10-23(27)30-25-20-28(35-17-13-22(14-18-35)34-15-7-4-8-16-34)29(36-3)21-26(25)32-24(31(30)33)11-9-19-37-32/h5-6,9-12,19-22,32H,4,7-8,13-18H2,1-3H3. The first-order valence-electron chi connectivity index (χ1n) is 14.2. The average Bonchev–Trinajstić information content (AvgIpc) is 3.20. The number of hydrogen-bond donors (Lipinski definition) is 0. The van der Waals surface area contributed by atoms with Crippen molar-refractivity contribution in [1.29, 1.82) is 0 Å². The van der Waals surface area contributed by atoms with Crippen LogP contribution in [0, 0.1) is 0 Å². The Hall–Kier alpha value is -2.98. The maximum atomic E-state index is 6.32. The van der Waals surface area contributed by atoms with Crippen molar-refractivity contribution < 1.29 is 9.47 Å². The number of benzene rings is 2. The van der Waals surface area contributed by atoms with Gasteiger partial charge in [-0.3, -0.25) is 0 Å². The summed E-state index contributed by atoms with van der Waals surface area (Å²) in [5.74, 6) is 0.960. The van der Waals surface area contributed by atoms with Crippen molar-refractivity contribution in [2.45, 2.75) is 63.5 Å². The summed E-state index contributed by atoms with van der Waals surface area (Å²) < 4.78 is 12.4. The molecule has 0 spiro atoms. The Bertz CT molecular complexity index is 1320. The molecule has 4 nitrogen and oxygen atoms in total. The van der Waals surface area contributed by atoms with Crippen LogP contribution in [0.5, 0.6) is 5.75 Å². The lowest BCUT2D eigenvalue weighted by molar-refractivity contribution is 0.141. The molecule has 192 valence electrons. The lowest BCUT2D eigenvalue weighted by atomic mass is 9.72. The Labute approximate surface area is 221 Å². The quantitative estimate of drug-likeness (QED) is 0.470. The van der Waals surface area contributed by atoms with E-state index in [0.29, 0.717) is 0 Å². The van der Waals surface area contributed by atoms with Crippen molar-refractivity contribution in [2.75, 3.05) is 38.2 Å². The molecule has 0 saturated carbocycles. The fraction of sp³-hybridized carbons (Fsp3) is 0.455. The Morgan fingerprint density at radius 3 is 2.51 bits per heavy atom. The van der Waals surface area contributed by atoms with Gasteiger partial charge in [0, 0.05) is 35.7 Å². The summed E-state index contributed by atoms with van der Waals surface area (Å²) in [5, 5.41) is 0. The van der Waals surface area contributed by atoms with Crippen LogP contribution in [0.2, 0.25) is 0 Å². The smallest absolute Gasteiger partial charge is 0.149 e. The average molecular weight is 495 g/mol. The lowest BCUT2D eigenvalue weighted by Crippen LogP contribution is -2.46. The number of hydrogen-bond acceptors (Lipinski definition) is 4. The highest BCUT2D eigenvalue weighted by Crippen LogP contribution is 2.59. The Morgan fingerprint density at radius 1 is 0.946 bits per heavy atom. The SMILES string of the molecule is COc1cc2c(cc1N1CCC(N3CCCCC3)CC1)C1=C(C3=CC=COC32)C(C)(C)c2ccccc21. The first-order chi connectivity index (χ1) is 18.1. The number of anilines is 1. The van der Waals surface area contributed by atoms with Crippen molar-refractivity contribution in [1.82, 2.24) is 4.90 Å². The number of methoxy groups -OCH3 is 1. The molecule has 7 rings (SSSR count). The van der Waals surface area contributed by atoms with Gasteiger partial charge in [-0.05, 0) is 84.8 Å². The highest BCUT2D eigenvalue weighted by Gasteiger charge is 2.46. The van der Waals surface area contributed by atoms with Crippen molar-refractivity contribution in [2.24, 2.45) is 0 Å². The predicted molar refractivity (Wildman–Crippen MR) is 150 cm³/mol. The second-order valence-electron chi connectivity index (χ2n) is 11.8. The molecule has 2 fully saturated rings. The molecule has 0 aromatic heterocycles. The zero-order chi connectivity index (χ0) is 25.1. The maximum Gasteiger partial charge on any atom is 0.149 e. The summed E-state index contributed by atoms with van der Waals surface area (Å²) in [7, 11) is 1.81. The molecule has 2 aromatic rings. The number of allylic oxidation sites excluding steroid dienone is 2. The normalized spacial score (nSPS) is 24.6. The number of likely N-dealkylation sites (tertiary alicyclic amines) is 1. The van der Waals surface area contributed by atoms with Crippen LogP contribution in [0.1, 0.15) is 74.3 Å². The summed E-state index contributed by atoms with van der Waals surface area (Å²) in [6.07, 6.45) is 12.6. The molecule has 2 saturated heterocycles. The van der Waals surface area contributed by atoms with Gasteiger partial charge in [-0.1, -0.05) is 50.6 Å². The molecule has 37 heavy (non-hydrogen) atoms. The van der Waals surface area contributed by atoms with E-state index in [4.69, 9.17) is 9.47 Å². The predicted octanol–water partition coefficient (Wildman–Crippen LogP) is 6.77. The molecule has 4 heteroatoms. The molecule has 3 aliphatic heterocycles. The molecule has 2 aliphatic carbocycles. The van der Waals surface area contributed by atoms with Crippen LogP contribution in [0.3, 0.4) is 0 Å². The van der Waals surface area contributed by atoms with Gasteiger partial charge in [-0.25, -0.2) is 0 Å². The summed E-state index contributed by atoms with van der Waals surface area (Å²) in [6.45, 7) is 9.46. The Balaban J connectivity index is 1.32. The molecule has 2 aromatic carbocycles. The van der Waals surface area contributed by atoms with Gasteiger partial charge in [0.1, 0.15) is 11.9 Å². The van der Waals surface area contributed by atoms with Crippen LogP contribution >= 0.6 is 0 Å². The zero-order valence-electron chi connectivity index (χ0n) is 22.4. The topological polar surface area (TPSA) is 24.9 Å². The summed E-state index contributed by atoms with van der Waals surface area (Å²) in [6, 6.07) is 14.4. The molecule has 0 bridgehead atoms. The second kappa shape index (κ2) is 8.80. The second-order valence-corrected chi connectivity index (χ2v) is 11.8. The highest BCUT2D eigenvalue weighted by molar-refractivity contribution is 5.97. The van der Waals surface area contributed by atoms with Gasteiger partial charge < -0.3 is 19.3 Å². The van der Waals surface area contributed by atoms with E-state index < -0.39 is 0 Å². The van der Waals surface area contributed by atoms with E-state index >= 15 is 0 Å². The van der Waals surface area contributed by atoms with Gasteiger partial charge in [0.25, 0.3) is 0 Å². The third-order valence-electron chi connectivity index (χ3n) is 9.50. The van der Waals surface area contributed by atoms with Crippen molar-refractivity contribution in [3.8, 4) is 5.75 Å². The minimum absolute atomic E-state index is 0.0743. The maximum absolute atomic E-state index is 6.32. The van der Waals surface area contributed by atoms with Crippen LogP contribution in [0.4, 0.5) is 5.69 Å². The molecule has 1 atom stereocenters. The van der Waals surface area contributed by atoms with Gasteiger partial charge in [-0.2, -0.15) is 0 Å². The summed E-state index contributed by atoms with van der Waals surface area (Å²) in [5.41, 5.74) is 10.5. The summed E-state index contributed by atoms with van der Waals surface area (Å²) >= 11 is 0. The molecule has 0 N–H and O–H groups in total. The number of rotatable bonds is 3. The van der Waals surface area contributed by atoms with Gasteiger partial charge in [-0.15, -0.1) is 0 Å². The van der Waals surface area contributed by atoms with E-state index in [1.165, 1.54) is 89.9 Å². The van der Waals surface area contributed by atoms with Crippen molar-refractivity contribution >= 4 is 11.3 Å². The molecular formula is C33H38N2O2. The largest absolute Gasteiger partial charge is 0.495 e. The molecule has 0 amide bonds. The van der Waals surface area contributed by atoms with E-state index in [-0.39, 0.29) is 11.5 Å². The van der Waals surface area contributed by atoms with E-state index in [1.807, 2.05) is 19.4 Å². The van der Waals surface area contributed by atoms with Gasteiger partial charge in [0.15, 0.2) is 0 Å². The Morgan fingerprint density at radius 2 is 1.73 bits per heavy atom. The minimum atomic E-state index is -0.0971. The Kier molecular flexibility index (Phi) is 5.51. The number of ether oxygens (including phenoxy) is 2.